The van der Waals surface area contributed by atoms with E-state index < -0.39 is 11.0 Å². The van der Waals surface area contributed by atoms with E-state index >= 15 is 0 Å². The second-order valence-corrected chi connectivity index (χ2v) is 5.91. The normalized spacial score (nSPS) is 32.8. The molecule has 0 heterocycles. The van der Waals surface area contributed by atoms with Crippen molar-refractivity contribution in [3.63, 3.8) is 0 Å². The third-order valence-corrected chi connectivity index (χ3v) is 3.94. The van der Waals surface area contributed by atoms with E-state index in [1.165, 1.54) is 6.08 Å². The Morgan fingerprint density at radius 3 is 2.56 bits per heavy atom. The number of allylic oxidation sites excluding steroid dienone is 3. The predicted octanol–water partition coefficient (Wildman–Crippen LogP) is 2.44. The van der Waals surface area contributed by atoms with Gasteiger partial charge in [0.25, 0.3) is 0 Å². The fraction of sp³-hybridized carbons (Fsp3) is 0.600. The Labute approximate surface area is 109 Å². The van der Waals surface area contributed by atoms with Gasteiger partial charge >= 0.3 is 0 Å². The minimum absolute atomic E-state index is 0.117. The van der Waals surface area contributed by atoms with E-state index in [0.29, 0.717) is 12.8 Å². The average Bonchev–Trinajstić information content (AvgIpc) is 2.23. The molecule has 0 aromatic carbocycles. The number of hydrogen-bond acceptors (Lipinski definition) is 3. The molecule has 2 unspecified atom stereocenters. The summed E-state index contributed by atoms with van der Waals surface area (Å²) < 4.78 is 0. The summed E-state index contributed by atoms with van der Waals surface area (Å²) in [6.45, 7) is 7.51. The first-order valence-corrected chi connectivity index (χ1v) is 6.28. The van der Waals surface area contributed by atoms with E-state index in [9.17, 15) is 14.7 Å². The van der Waals surface area contributed by atoms with Gasteiger partial charge in [-0.3, -0.25) is 9.59 Å². The smallest absolute Gasteiger partial charge is 0.143 e. The summed E-state index contributed by atoms with van der Waals surface area (Å²) in [5.41, 5.74) is -0.711. The van der Waals surface area contributed by atoms with Gasteiger partial charge in [0.15, 0.2) is 0 Å². The molecule has 3 heteroatoms. The molecule has 0 aromatic rings. The maximum absolute atomic E-state index is 11.6. The molecule has 1 aliphatic carbocycles. The van der Waals surface area contributed by atoms with E-state index in [-0.39, 0.29) is 11.7 Å². The second kappa shape index (κ2) is 5.19. The van der Waals surface area contributed by atoms with Crippen molar-refractivity contribution in [2.75, 3.05) is 0 Å². The number of aliphatic hydroxyl groups is 1. The molecule has 100 valence electrons. The predicted molar refractivity (Wildman–Crippen MR) is 71.1 cm³/mol. The number of hydrogen-bond donors (Lipinski definition) is 1. The zero-order valence-corrected chi connectivity index (χ0v) is 11.6. The minimum Gasteiger partial charge on any atom is -0.385 e. The van der Waals surface area contributed by atoms with E-state index in [4.69, 9.17) is 0 Å². The average molecular weight is 250 g/mol. The fourth-order valence-corrected chi connectivity index (χ4v) is 2.68. The lowest BCUT2D eigenvalue weighted by molar-refractivity contribution is -0.142. The van der Waals surface area contributed by atoms with E-state index in [1.807, 2.05) is 20.8 Å². The molecule has 0 bridgehead atoms. The Kier molecular flexibility index (Phi) is 4.28. The molecule has 0 aliphatic heterocycles. The lowest BCUT2D eigenvalue weighted by Crippen LogP contribution is -2.53. The van der Waals surface area contributed by atoms with Gasteiger partial charge in [-0.1, -0.05) is 32.9 Å². The van der Waals surface area contributed by atoms with Crippen molar-refractivity contribution in [3.05, 3.63) is 23.8 Å². The van der Waals surface area contributed by atoms with Gasteiger partial charge in [0.05, 0.1) is 5.60 Å². The van der Waals surface area contributed by atoms with Crippen LogP contribution in [0.3, 0.4) is 0 Å². The number of ketones is 1. The zero-order valence-electron chi connectivity index (χ0n) is 11.6. The number of rotatable bonds is 3. The Morgan fingerprint density at radius 2 is 2.06 bits per heavy atom. The van der Waals surface area contributed by atoms with E-state index in [0.717, 1.165) is 11.9 Å². The molecule has 3 nitrogen and oxygen atoms in total. The minimum atomic E-state index is -1.01. The van der Waals surface area contributed by atoms with Gasteiger partial charge in [-0.15, -0.1) is 0 Å². The Balaban J connectivity index is 3.05. The summed E-state index contributed by atoms with van der Waals surface area (Å²) in [5, 5.41) is 10.8. The molecule has 1 N–H and O–H groups in total. The first kappa shape index (κ1) is 14.8. The third kappa shape index (κ3) is 2.78. The van der Waals surface area contributed by atoms with Crippen LogP contribution in [0.5, 0.6) is 0 Å². The molecule has 0 spiro atoms. The molecule has 1 aliphatic rings. The molecule has 0 radical (unpaired) electrons. The highest BCUT2D eigenvalue weighted by atomic mass is 16.3. The van der Waals surface area contributed by atoms with Crippen molar-refractivity contribution >= 4 is 12.1 Å². The number of Topliss-reactive ketones (excluding diaryl/α,β-unsaturated/α-hetero) is 1. The van der Waals surface area contributed by atoms with Crippen LogP contribution in [0.25, 0.3) is 0 Å². The van der Waals surface area contributed by atoms with Crippen LogP contribution in [0.2, 0.25) is 0 Å². The highest BCUT2D eigenvalue weighted by Gasteiger charge is 2.50. The van der Waals surface area contributed by atoms with Crippen molar-refractivity contribution < 1.29 is 14.7 Å². The maximum Gasteiger partial charge on any atom is 0.143 e. The van der Waals surface area contributed by atoms with Gasteiger partial charge in [-0.05, 0) is 24.5 Å². The van der Waals surface area contributed by atoms with Crippen LogP contribution in [-0.4, -0.2) is 22.8 Å². The molecular weight excluding hydrogens is 228 g/mol. The first-order chi connectivity index (χ1) is 8.23. The van der Waals surface area contributed by atoms with Gasteiger partial charge in [0.1, 0.15) is 12.1 Å². The molecule has 2 atom stereocenters. The van der Waals surface area contributed by atoms with E-state index in [2.05, 4.69) is 0 Å². The number of carbonyl (C=O) groups is 2. The highest BCUT2D eigenvalue weighted by molar-refractivity contribution is 5.81. The number of aldehydes is 1. The topological polar surface area (TPSA) is 54.4 Å². The van der Waals surface area contributed by atoms with E-state index in [1.54, 1.807) is 19.1 Å². The Hall–Kier alpha value is -1.22. The number of carbonyl (C=O) groups excluding carboxylic acids is 2. The molecule has 18 heavy (non-hydrogen) atoms. The second-order valence-electron chi connectivity index (χ2n) is 5.91. The molecular formula is C15H22O3. The first-order valence-electron chi connectivity index (χ1n) is 6.28. The van der Waals surface area contributed by atoms with Gasteiger partial charge in [-0.2, -0.15) is 0 Å². The van der Waals surface area contributed by atoms with Gasteiger partial charge in [-0.25, -0.2) is 0 Å². The van der Waals surface area contributed by atoms with Gasteiger partial charge < -0.3 is 5.11 Å². The van der Waals surface area contributed by atoms with Crippen LogP contribution in [-0.2, 0) is 9.59 Å². The molecule has 1 fully saturated rings. The fourth-order valence-electron chi connectivity index (χ4n) is 2.68. The van der Waals surface area contributed by atoms with Crippen molar-refractivity contribution in [3.8, 4) is 0 Å². The summed E-state index contributed by atoms with van der Waals surface area (Å²) in [7, 11) is 0. The maximum atomic E-state index is 11.6. The van der Waals surface area contributed by atoms with Crippen LogP contribution in [0.1, 0.15) is 40.5 Å². The van der Waals surface area contributed by atoms with Crippen molar-refractivity contribution in [1.82, 2.24) is 0 Å². The lowest BCUT2D eigenvalue weighted by atomic mass is 9.60. The van der Waals surface area contributed by atoms with Gasteiger partial charge in [0.2, 0.25) is 0 Å². The van der Waals surface area contributed by atoms with Crippen LogP contribution >= 0.6 is 0 Å². The Bertz CT molecular complexity index is 404. The van der Waals surface area contributed by atoms with Crippen molar-refractivity contribution in [2.45, 2.75) is 46.1 Å². The summed E-state index contributed by atoms with van der Waals surface area (Å²) in [4.78, 5) is 22.0. The van der Waals surface area contributed by atoms with Crippen LogP contribution < -0.4 is 0 Å². The Morgan fingerprint density at radius 1 is 1.44 bits per heavy atom. The third-order valence-electron chi connectivity index (χ3n) is 3.94. The summed E-state index contributed by atoms with van der Waals surface area (Å²) in [6, 6.07) is 0. The molecule has 0 saturated heterocycles. The molecule has 0 aromatic heterocycles. The van der Waals surface area contributed by atoms with Crippen LogP contribution in [0, 0.1) is 11.3 Å². The van der Waals surface area contributed by atoms with Crippen LogP contribution in [0.15, 0.2) is 23.8 Å². The summed E-state index contributed by atoms with van der Waals surface area (Å²) in [6.07, 6.45) is 6.45. The summed E-state index contributed by atoms with van der Waals surface area (Å²) >= 11 is 0. The highest BCUT2D eigenvalue weighted by Crippen LogP contribution is 2.46. The largest absolute Gasteiger partial charge is 0.385 e. The molecule has 0 amide bonds. The monoisotopic (exact) mass is 250 g/mol. The SMILES string of the molecule is CC(=C/C=O)/C=C/C1(O)C(C)CC(=O)CC1(C)C. The molecule has 1 saturated carbocycles. The van der Waals surface area contributed by atoms with Crippen molar-refractivity contribution in [2.24, 2.45) is 11.3 Å². The molecule has 1 rings (SSSR count). The van der Waals surface area contributed by atoms with Gasteiger partial charge in [0, 0.05) is 18.3 Å². The zero-order chi connectivity index (χ0) is 14.0. The van der Waals surface area contributed by atoms with Crippen molar-refractivity contribution in [1.29, 1.82) is 0 Å². The standard InChI is InChI=1S/C15H22O3/c1-11(6-8-16)5-7-15(18)12(2)9-13(17)10-14(15,3)4/h5-8,12,18H,9-10H2,1-4H3/b7-5+,11-6-. The lowest BCUT2D eigenvalue weighted by Gasteiger charge is -2.48. The van der Waals surface area contributed by atoms with Crippen LogP contribution in [0.4, 0.5) is 0 Å². The summed E-state index contributed by atoms with van der Waals surface area (Å²) in [5.74, 6) is 0.0831. The quantitative estimate of drug-likeness (QED) is 0.475.